The number of benzene rings is 3. The molecule has 1 amide bonds. The van der Waals surface area contributed by atoms with Crippen LogP contribution in [0, 0.1) is 18.8 Å². The average molecular weight is 449 g/mol. The van der Waals surface area contributed by atoms with Crippen molar-refractivity contribution in [3.05, 3.63) is 94.5 Å². The quantitative estimate of drug-likeness (QED) is 0.375. The van der Waals surface area contributed by atoms with E-state index in [-0.39, 0.29) is 24.6 Å². The van der Waals surface area contributed by atoms with Gasteiger partial charge < -0.3 is 10.1 Å². The van der Waals surface area contributed by atoms with Gasteiger partial charge in [-0.25, -0.2) is 4.79 Å². The minimum atomic E-state index is -4.41. The zero-order valence-electron chi connectivity index (χ0n) is 18.0. The number of nitrogens with one attached hydrogen (secondary N) is 1. The molecule has 3 aromatic rings. The van der Waals surface area contributed by atoms with Crippen molar-refractivity contribution in [1.82, 2.24) is 5.32 Å². The molecule has 0 aliphatic heterocycles. The Hall–Kier alpha value is -3.72. The topological polar surface area (TPSA) is 38.3 Å². The number of rotatable bonds is 4. The van der Waals surface area contributed by atoms with Crippen LogP contribution in [0.15, 0.2) is 66.7 Å². The van der Waals surface area contributed by atoms with E-state index >= 15 is 0 Å². The summed E-state index contributed by atoms with van der Waals surface area (Å²) >= 11 is 0. The molecule has 0 saturated heterocycles. The van der Waals surface area contributed by atoms with Crippen LogP contribution in [0.1, 0.15) is 40.2 Å². The van der Waals surface area contributed by atoms with Gasteiger partial charge in [0.2, 0.25) is 0 Å². The van der Waals surface area contributed by atoms with Crippen LogP contribution in [-0.2, 0) is 10.9 Å². The maximum atomic E-state index is 13.0. The molecule has 168 valence electrons. The van der Waals surface area contributed by atoms with E-state index < -0.39 is 17.8 Å². The molecule has 1 aliphatic rings. The molecule has 0 fully saturated rings. The second kappa shape index (κ2) is 9.41. The van der Waals surface area contributed by atoms with E-state index in [0.29, 0.717) is 12.0 Å². The highest BCUT2D eigenvalue weighted by atomic mass is 19.4. The number of fused-ring (bicyclic) bond motifs is 3. The highest BCUT2D eigenvalue weighted by Crippen LogP contribution is 2.44. The van der Waals surface area contributed by atoms with Crippen molar-refractivity contribution in [2.24, 2.45) is 0 Å². The second-order valence-corrected chi connectivity index (χ2v) is 7.78. The Morgan fingerprint density at radius 3 is 2.24 bits per heavy atom. The first-order valence-electron chi connectivity index (χ1n) is 10.6. The van der Waals surface area contributed by atoms with Crippen LogP contribution in [0.4, 0.5) is 18.0 Å². The van der Waals surface area contributed by atoms with E-state index in [1.165, 1.54) is 13.0 Å². The molecule has 0 unspecified atom stereocenters. The first-order chi connectivity index (χ1) is 15.9. The first kappa shape index (κ1) is 22.5. The molecule has 33 heavy (non-hydrogen) atoms. The Balaban J connectivity index is 1.30. The van der Waals surface area contributed by atoms with Gasteiger partial charge in [0.1, 0.15) is 6.61 Å². The second-order valence-electron chi connectivity index (χ2n) is 7.78. The van der Waals surface area contributed by atoms with Crippen molar-refractivity contribution in [2.75, 3.05) is 13.2 Å². The first-order valence-corrected chi connectivity index (χ1v) is 10.6. The highest BCUT2D eigenvalue weighted by molar-refractivity contribution is 5.79. The van der Waals surface area contributed by atoms with E-state index in [4.69, 9.17) is 4.74 Å². The molecule has 0 saturated carbocycles. The Bertz CT molecular complexity index is 1190. The van der Waals surface area contributed by atoms with Crippen molar-refractivity contribution < 1.29 is 22.7 Å². The van der Waals surface area contributed by atoms with Crippen LogP contribution in [0.5, 0.6) is 0 Å². The lowest BCUT2D eigenvalue weighted by atomic mass is 9.98. The fourth-order valence-electron chi connectivity index (χ4n) is 4.11. The molecular formula is C27H22F3NO2. The van der Waals surface area contributed by atoms with E-state index in [2.05, 4.69) is 29.3 Å². The van der Waals surface area contributed by atoms with Crippen molar-refractivity contribution >= 4 is 6.09 Å². The number of amides is 1. The van der Waals surface area contributed by atoms with Crippen LogP contribution < -0.4 is 5.32 Å². The van der Waals surface area contributed by atoms with E-state index in [9.17, 15) is 18.0 Å². The predicted octanol–water partition coefficient (Wildman–Crippen LogP) is 6.29. The van der Waals surface area contributed by atoms with Crippen molar-refractivity contribution in [1.29, 1.82) is 0 Å². The molecule has 3 aromatic carbocycles. The standard InChI is InChI=1S/C27H22F3NO2/c1-18-19(10-8-15-25(18)27(28,29)30)9-6-7-16-31-26(32)33-17-24-22-13-4-2-11-20(22)21-12-3-5-14-23(21)24/h2-5,8,10-15,24H,7,16-17H2,1H3,(H,31,32). The van der Waals surface area contributed by atoms with Gasteiger partial charge in [0.25, 0.3) is 0 Å². The van der Waals surface area contributed by atoms with Crippen LogP contribution in [0.25, 0.3) is 11.1 Å². The van der Waals surface area contributed by atoms with Gasteiger partial charge in [0, 0.05) is 24.4 Å². The van der Waals surface area contributed by atoms with Gasteiger partial charge in [-0.2, -0.15) is 13.2 Å². The van der Waals surface area contributed by atoms with Gasteiger partial charge in [-0.05, 0) is 46.9 Å². The largest absolute Gasteiger partial charge is 0.449 e. The van der Waals surface area contributed by atoms with Crippen molar-refractivity contribution in [3.63, 3.8) is 0 Å². The Kier molecular flexibility index (Phi) is 6.41. The van der Waals surface area contributed by atoms with Crippen molar-refractivity contribution in [2.45, 2.75) is 25.4 Å². The summed E-state index contributed by atoms with van der Waals surface area (Å²) in [6, 6.07) is 20.1. The molecule has 0 bridgehead atoms. The number of carbonyl (C=O) groups is 1. The summed E-state index contributed by atoms with van der Waals surface area (Å²) in [6.45, 7) is 1.86. The lowest BCUT2D eigenvalue weighted by Crippen LogP contribution is -2.26. The molecule has 6 heteroatoms. The van der Waals surface area contributed by atoms with Crippen molar-refractivity contribution in [3.8, 4) is 23.0 Å². The molecule has 1 aliphatic carbocycles. The summed E-state index contributed by atoms with van der Waals surface area (Å²) in [5, 5.41) is 2.65. The van der Waals surface area contributed by atoms with Gasteiger partial charge in [-0.15, -0.1) is 0 Å². The van der Waals surface area contributed by atoms with Gasteiger partial charge in [-0.1, -0.05) is 66.4 Å². The van der Waals surface area contributed by atoms with Crippen LogP contribution >= 0.6 is 0 Å². The minimum absolute atomic E-state index is 0.0215. The third kappa shape index (κ3) is 4.88. The molecular weight excluding hydrogens is 427 g/mol. The minimum Gasteiger partial charge on any atom is -0.449 e. The SMILES string of the molecule is Cc1c(C#CCCNC(=O)OCC2c3ccccc3-c3ccccc32)cccc1C(F)(F)F. The maximum absolute atomic E-state index is 13.0. The summed E-state index contributed by atoms with van der Waals surface area (Å²) in [5.41, 5.74) is 4.31. The predicted molar refractivity (Wildman–Crippen MR) is 121 cm³/mol. The Labute approximate surface area is 190 Å². The molecule has 0 heterocycles. The monoisotopic (exact) mass is 449 g/mol. The molecule has 0 aromatic heterocycles. The van der Waals surface area contributed by atoms with Gasteiger partial charge >= 0.3 is 12.3 Å². The fourth-order valence-corrected chi connectivity index (χ4v) is 4.11. The van der Waals surface area contributed by atoms with Crippen LogP contribution in [-0.4, -0.2) is 19.2 Å². The maximum Gasteiger partial charge on any atom is 0.416 e. The molecule has 0 radical (unpaired) electrons. The Morgan fingerprint density at radius 1 is 0.970 bits per heavy atom. The lowest BCUT2D eigenvalue weighted by molar-refractivity contribution is -0.138. The Morgan fingerprint density at radius 2 is 1.61 bits per heavy atom. The van der Waals surface area contributed by atoms with E-state index in [0.717, 1.165) is 28.3 Å². The molecule has 4 rings (SSSR count). The molecule has 1 N–H and O–H groups in total. The number of hydrogen-bond acceptors (Lipinski definition) is 2. The zero-order chi connectivity index (χ0) is 23.4. The number of hydrogen-bond donors (Lipinski definition) is 1. The third-order valence-corrected chi connectivity index (χ3v) is 5.73. The number of carbonyl (C=O) groups excluding carboxylic acids is 1. The molecule has 0 atom stereocenters. The van der Waals surface area contributed by atoms with Gasteiger partial charge in [0.15, 0.2) is 0 Å². The van der Waals surface area contributed by atoms with Gasteiger partial charge in [0.05, 0.1) is 5.56 Å². The van der Waals surface area contributed by atoms with Crippen LogP contribution in [0.2, 0.25) is 0 Å². The third-order valence-electron chi connectivity index (χ3n) is 5.73. The summed E-state index contributed by atoms with van der Waals surface area (Å²) in [5.74, 6) is 5.55. The summed E-state index contributed by atoms with van der Waals surface area (Å²) in [7, 11) is 0. The molecule has 3 nitrogen and oxygen atoms in total. The number of alkyl halides is 3. The van der Waals surface area contributed by atoms with E-state index in [1.807, 2.05) is 36.4 Å². The average Bonchev–Trinajstić information content (AvgIpc) is 3.11. The summed E-state index contributed by atoms with van der Waals surface area (Å²) in [6.07, 6.45) is -4.67. The number of ether oxygens (including phenoxy) is 1. The summed E-state index contributed by atoms with van der Waals surface area (Å²) < 4.78 is 44.5. The highest BCUT2D eigenvalue weighted by Gasteiger charge is 2.32. The number of halogens is 3. The normalized spacial score (nSPS) is 12.4. The fraction of sp³-hybridized carbons (Fsp3) is 0.222. The smallest absolute Gasteiger partial charge is 0.416 e. The lowest BCUT2D eigenvalue weighted by Gasteiger charge is -2.14. The zero-order valence-corrected chi connectivity index (χ0v) is 18.0. The molecule has 0 spiro atoms. The van der Waals surface area contributed by atoms with Gasteiger partial charge in [-0.3, -0.25) is 0 Å². The summed E-state index contributed by atoms with van der Waals surface area (Å²) in [4.78, 5) is 12.2. The van der Waals surface area contributed by atoms with E-state index in [1.54, 1.807) is 6.07 Å². The number of alkyl carbamates (subject to hydrolysis) is 1. The van der Waals surface area contributed by atoms with Crippen LogP contribution in [0.3, 0.4) is 0 Å².